The molecule has 0 fully saturated rings. The molecule has 18 heavy (non-hydrogen) atoms. The molecule has 0 aliphatic carbocycles. The van der Waals surface area contributed by atoms with Gasteiger partial charge >= 0.3 is 5.97 Å². The molecule has 0 saturated heterocycles. The van der Waals surface area contributed by atoms with Crippen LogP contribution in [0.25, 0.3) is 0 Å². The monoisotopic (exact) mass is 291 g/mol. The molecule has 0 aliphatic rings. The number of ether oxygens (including phenoxy) is 1. The fourth-order valence-corrected chi connectivity index (χ4v) is 1.87. The lowest BCUT2D eigenvalue weighted by Gasteiger charge is -2.06. The summed E-state index contributed by atoms with van der Waals surface area (Å²) in [5.74, 6) is -0.427. The van der Waals surface area contributed by atoms with Gasteiger partial charge in [-0.1, -0.05) is 6.92 Å². The fourth-order valence-electron chi connectivity index (χ4n) is 1.16. The number of sulfonamides is 1. The van der Waals surface area contributed by atoms with Crippen LogP contribution in [0.2, 0.25) is 0 Å². The first kappa shape index (κ1) is 14.8. The summed E-state index contributed by atoms with van der Waals surface area (Å²) in [6.45, 7) is 2.26. The average molecular weight is 292 g/mol. The molecule has 0 spiro atoms. The molecule has 0 atom stereocenters. The number of hydrogen-bond donors (Lipinski definition) is 1. The second-order valence-corrected chi connectivity index (χ2v) is 5.85. The van der Waals surface area contributed by atoms with Gasteiger partial charge in [0, 0.05) is 5.69 Å². The Morgan fingerprint density at radius 1 is 1.33 bits per heavy atom. The maximum Gasteiger partial charge on any atom is 0.338 e. The molecule has 0 aromatic heterocycles. The zero-order valence-electron chi connectivity index (χ0n) is 9.85. The molecular weight excluding hydrogens is 278 g/mol. The summed E-state index contributed by atoms with van der Waals surface area (Å²) in [4.78, 5) is 11.5. The third kappa shape index (κ3) is 4.54. The minimum absolute atomic E-state index is 0.350. The van der Waals surface area contributed by atoms with E-state index in [1.807, 2.05) is 6.92 Å². The molecular formula is C11H14ClNO4S. The van der Waals surface area contributed by atoms with Gasteiger partial charge in [-0.3, -0.25) is 4.72 Å². The third-order valence-corrected chi connectivity index (χ3v) is 3.67. The van der Waals surface area contributed by atoms with Gasteiger partial charge in [0.2, 0.25) is 10.0 Å². The Kier molecular flexibility index (Phi) is 5.43. The molecule has 0 unspecified atom stereocenters. The molecule has 100 valence electrons. The lowest BCUT2D eigenvalue weighted by Crippen LogP contribution is -2.13. The van der Waals surface area contributed by atoms with E-state index in [0.717, 1.165) is 6.42 Å². The van der Waals surface area contributed by atoms with Crippen molar-refractivity contribution in [1.29, 1.82) is 0 Å². The molecule has 0 amide bonds. The van der Waals surface area contributed by atoms with Crippen molar-refractivity contribution in [2.75, 3.05) is 16.5 Å². The van der Waals surface area contributed by atoms with Crippen LogP contribution < -0.4 is 4.72 Å². The number of alkyl halides is 1. The molecule has 1 N–H and O–H groups in total. The van der Waals surface area contributed by atoms with Gasteiger partial charge in [0.25, 0.3) is 0 Å². The van der Waals surface area contributed by atoms with Gasteiger partial charge in [-0.05, 0) is 30.7 Å². The van der Waals surface area contributed by atoms with E-state index in [-0.39, 0.29) is 0 Å². The van der Waals surface area contributed by atoms with Crippen molar-refractivity contribution >= 4 is 33.3 Å². The highest BCUT2D eigenvalue weighted by molar-refractivity contribution is 7.93. The number of esters is 1. The van der Waals surface area contributed by atoms with Crippen LogP contribution in [0.1, 0.15) is 23.7 Å². The first-order chi connectivity index (χ1) is 8.48. The number of carbonyl (C=O) groups is 1. The number of benzene rings is 1. The topological polar surface area (TPSA) is 72.5 Å². The Morgan fingerprint density at radius 3 is 2.44 bits per heavy atom. The number of hydrogen-bond acceptors (Lipinski definition) is 4. The number of rotatable bonds is 6. The highest BCUT2D eigenvalue weighted by Gasteiger charge is 2.10. The van der Waals surface area contributed by atoms with Gasteiger partial charge in [-0.2, -0.15) is 0 Å². The Morgan fingerprint density at radius 2 is 1.94 bits per heavy atom. The first-order valence-electron chi connectivity index (χ1n) is 5.32. The van der Waals surface area contributed by atoms with Crippen molar-refractivity contribution in [3.63, 3.8) is 0 Å². The SMILES string of the molecule is CCCOC(=O)c1ccc(NS(=O)(=O)CCl)cc1. The van der Waals surface area contributed by atoms with Crippen molar-refractivity contribution in [2.45, 2.75) is 13.3 Å². The van der Waals surface area contributed by atoms with Crippen LogP contribution in [0.15, 0.2) is 24.3 Å². The number of carbonyl (C=O) groups excluding carboxylic acids is 1. The fraction of sp³-hybridized carbons (Fsp3) is 0.364. The van der Waals surface area contributed by atoms with Gasteiger partial charge in [0.1, 0.15) is 5.21 Å². The van der Waals surface area contributed by atoms with Crippen molar-refractivity contribution in [3.05, 3.63) is 29.8 Å². The Balaban J connectivity index is 2.71. The highest BCUT2D eigenvalue weighted by Crippen LogP contribution is 2.12. The van der Waals surface area contributed by atoms with Crippen LogP contribution in [0.5, 0.6) is 0 Å². The molecule has 0 bridgehead atoms. The molecule has 7 heteroatoms. The minimum atomic E-state index is -3.52. The van der Waals surface area contributed by atoms with Crippen LogP contribution in [-0.4, -0.2) is 26.2 Å². The van der Waals surface area contributed by atoms with Crippen LogP contribution in [-0.2, 0) is 14.8 Å². The Bertz CT molecular complexity index is 498. The zero-order chi connectivity index (χ0) is 13.6. The lowest BCUT2D eigenvalue weighted by molar-refractivity contribution is 0.0505. The number of nitrogens with one attached hydrogen (secondary N) is 1. The van der Waals surface area contributed by atoms with E-state index in [1.54, 1.807) is 0 Å². The third-order valence-electron chi connectivity index (χ3n) is 1.97. The number of anilines is 1. The first-order valence-corrected chi connectivity index (χ1v) is 7.51. The van der Waals surface area contributed by atoms with Crippen molar-refractivity contribution in [3.8, 4) is 0 Å². The smallest absolute Gasteiger partial charge is 0.338 e. The largest absolute Gasteiger partial charge is 0.462 e. The van der Waals surface area contributed by atoms with E-state index in [2.05, 4.69) is 4.72 Å². The summed E-state index contributed by atoms with van der Waals surface area (Å²) in [6.07, 6.45) is 0.749. The Hall–Kier alpha value is -1.27. The molecule has 5 nitrogen and oxygen atoms in total. The summed E-state index contributed by atoms with van der Waals surface area (Å²) in [5.41, 5.74) is 0.722. The summed E-state index contributed by atoms with van der Waals surface area (Å²) in [5, 5.41) is -0.521. The van der Waals surface area contributed by atoms with Gasteiger partial charge in [-0.25, -0.2) is 13.2 Å². The van der Waals surface area contributed by atoms with E-state index in [1.165, 1.54) is 24.3 Å². The zero-order valence-corrected chi connectivity index (χ0v) is 11.4. The molecule has 0 radical (unpaired) electrons. The van der Waals surface area contributed by atoms with Crippen molar-refractivity contribution in [1.82, 2.24) is 0 Å². The minimum Gasteiger partial charge on any atom is -0.462 e. The lowest BCUT2D eigenvalue weighted by atomic mass is 10.2. The maximum atomic E-state index is 11.5. The van der Waals surface area contributed by atoms with E-state index in [9.17, 15) is 13.2 Å². The van der Waals surface area contributed by atoms with Gasteiger partial charge < -0.3 is 4.74 Å². The van der Waals surface area contributed by atoms with E-state index >= 15 is 0 Å². The van der Waals surface area contributed by atoms with Crippen LogP contribution >= 0.6 is 11.6 Å². The molecule has 0 saturated carbocycles. The predicted molar refractivity (Wildman–Crippen MR) is 70.3 cm³/mol. The van der Waals surface area contributed by atoms with E-state index < -0.39 is 21.2 Å². The summed E-state index contributed by atoms with van der Waals surface area (Å²) in [6, 6.07) is 5.94. The van der Waals surface area contributed by atoms with Crippen LogP contribution in [0.3, 0.4) is 0 Å². The quantitative estimate of drug-likeness (QED) is 0.644. The van der Waals surface area contributed by atoms with E-state index in [0.29, 0.717) is 17.9 Å². The van der Waals surface area contributed by atoms with Crippen molar-refractivity contribution < 1.29 is 17.9 Å². The highest BCUT2D eigenvalue weighted by atomic mass is 35.5. The second-order valence-electron chi connectivity index (χ2n) is 3.54. The summed E-state index contributed by atoms with van der Waals surface area (Å²) < 4.78 is 29.6. The molecule has 1 aromatic carbocycles. The molecule has 0 heterocycles. The van der Waals surface area contributed by atoms with Gasteiger partial charge in [0.05, 0.1) is 12.2 Å². The second kappa shape index (κ2) is 6.61. The molecule has 1 aromatic rings. The standard InChI is InChI=1S/C11H14ClNO4S/c1-2-7-17-11(14)9-3-5-10(6-4-9)13-18(15,16)8-12/h3-6,13H,2,7-8H2,1H3. The van der Waals surface area contributed by atoms with Gasteiger partial charge in [-0.15, -0.1) is 11.6 Å². The number of halogens is 1. The Labute approximate surface area is 111 Å². The molecule has 1 rings (SSSR count). The normalized spacial score (nSPS) is 11.0. The van der Waals surface area contributed by atoms with Crippen LogP contribution in [0.4, 0.5) is 5.69 Å². The van der Waals surface area contributed by atoms with Crippen LogP contribution in [0, 0.1) is 0 Å². The average Bonchev–Trinajstić information content (AvgIpc) is 2.36. The molecule has 0 aliphatic heterocycles. The van der Waals surface area contributed by atoms with E-state index in [4.69, 9.17) is 16.3 Å². The van der Waals surface area contributed by atoms with Gasteiger partial charge in [0.15, 0.2) is 0 Å². The predicted octanol–water partition coefficient (Wildman–Crippen LogP) is 2.19. The summed E-state index contributed by atoms with van der Waals surface area (Å²) >= 11 is 5.26. The maximum absolute atomic E-state index is 11.5. The van der Waals surface area contributed by atoms with Crippen molar-refractivity contribution in [2.24, 2.45) is 0 Å². The summed E-state index contributed by atoms with van der Waals surface area (Å²) in [7, 11) is -3.52.